The lowest BCUT2D eigenvalue weighted by Crippen LogP contribution is -2.38. The molecule has 0 amide bonds. The number of hydrogen-bond donors (Lipinski definition) is 2. The highest BCUT2D eigenvalue weighted by molar-refractivity contribution is 7.09. The van der Waals surface area contributed by atoms with Gasteiger partial charge in [-0.25, -0.2) is 9.97 Å². The van der Waals surface area contributed by atoms with E-state index in [4.69, 9.17) is 0 Å². The molecule has 16 heavy (non-hydrogen) atoms. The van der Waals surface area contributed by atoms with Gasteiger partial charge in [0, 0.05) is 24.0 Å². The van der Waals surface area contributed by atoms with Crippen molar-refractivity contribution in [1.29, 1.82) is 0 Å². The van der Waals surface area contributed by atoms with E-state index in [1.807, 2.05) is 17.8 Å². The van der Waals surface area contributed by atoms with Crippen molar-refractivity contribution in [2.45, 2.75) is 32.4 Å². The Kier molecular flexibility index (Phi) is 3.36. The molecule has 0 aliphatic heterocycles. The predicted octanol–water partition coefficient (Wildman–Crippen LogP) is 2.28. The van der Waals surface area contributed by atoms with Gasteiger partial charge in [0.2, 0.25) is 0 Å². The number of nitrogens with one attached hydrogen (secondary N) is 2. The topological polar surface area (TPSA) is 53.6 Å². The Morgan fingerprint density at radius 3 is 2.88 bits per heavy atom. The van der Waals surface area contributed by atoms with Crippen LogP contribution < -0.4 is 5.32 Å². The van der Waals surface area contributed by atoms with Crippen molar-refractivity contribution >= 4 is 11.3 Å². The van der Waals surface area contributed by atoms with Gasteiger partial charge in [-0.05, 0) is 13.3 Å². The van der Waals surface area contributed by atoms with E-state index in [1.165, 1.54) is 0 Å². The molecule has 2 aromatic rings. The molecule has 0 saturated carbocycles. The molecule has 0 saturated heterocycles. The summed E-state index contributed by atoms with van der Waals surface area (Å²) in [7, 11) is 0. The van der Waals surface area contributed by atoms with E-state index in [9.17, 15) is 0 Å². The fourth-order valence-corrected chi connectivity index (χ4v) is 2.37. The molecule has 5 heteroatoms. The summed E-state index contributed by atoms with van der Waals surface area (Å²) >= 11 is 1.69. The molecule has 0 aromatic carbocycles. The molecule has 0 radical (unpaired) electrons. The van der Waals surface area contributed by atoms with Crippen LogP contribution in [0, 0.1) is 0 Å². The lowest BCUT2D eigenvalue weighted by atomic mass is 10.00. The van der Waals surface area contributed by atoms with E-state index in [0.717, 1.165) is 23.8 Å². The highest BCUT2D eigenvalue weighted by Gasteiger charge is 2.26. The van der Waals surface area contributed by atoms with Gasteiger partial charge in [-0.3, -0.25) is 5.32 Å². The molecule has 0 spiro atoms. The van der Waals surface area contributed by atoms with Crippen molar-refractivity contribution in [2.24, 2.45) is 0 Å². The normalized spacial score (nSPS) is 14.9. The first-order valence-electron chi connectivity index (χ1n) is 5.38. The Hall–Kier alpha value is -1.20. The third-order valence-corrected chi connectivity index (χ3v) is 3.85. The van der Waals surface area contributed by atoms with E-state index in [1.54, 1.807) is 17.5 Å². The standard InChI is InChI=1S/C11H16N4S/c1-3-11(2,10-14-6-7-16-10)15-8-9-12-4-5-13-9/h4-7,15H,3,8H2,1-2H3,(H,12,13). The number of nitrogens with zero attached hydrogens (tertiary/aromatic N) is 2. The average molecular weight is 236 g/mol. The van der Waals surface area contributed by atoms with Crippen LogP contribution in [0.2, 0.25) is 0 Å². The third kappa shape index (κ3) is 2.31. The Bertz CT molecular complexity index is 409. The van der Waals surface area contributed by atoms with Crippen LogP contribution >= 0.6 is 11.3 Å². The Labute approximate surface area is 99.2 Å². The summed E-state index contributed by atoms with van der Waals surface area (Å²) in [5.74, 6) is 0.955. The monoisotopic (exact) mass is 236 g/mol. The summed E-state index contributed by atoms with van der Waals surface area (Å²) in [5, 5.41) is 6.64. The third-order valence-electron chi connectivity index (χ3n) is 2.81. The van der Waals surface area contributed by atoms with Crippen LogP contribution in [0.5, 0.6) is 0 Å². The average Bonchev–Trinajstić information content (AvgIpc) is 2.98. The highest BCUT2D eigenvalue weighted by atomic mass is 32.1. The lowest BCUT2D eigenvalue weighted by Gasteiger charge is -2.27. The molecule has 2 heterocycles. The van der Waals surface area contributed by atoms with Gasteiger partial charge in [-0.2, -0.15) is 0 Å². The quantitative estimate of drug-likeness (QED) is 0.837. The van der Waals surface area contributed by atoms with Gasteiger partial charge < -0.3 is 4.98 Å². The van der Waals surface area contributed by atoms with E-state index in [0.29, 0.717) is 0 Å². The molecule has 4 nitrogen and oxygen atoms in total. The summed E-state index contributed by atoms with van der Waals surface area (Å²) in [6.07, 6.45) is 6.46. The molecule has 1 atom stereocenters. The van der Waals surface area contributed by atoms with Gasteiger partial charge >= 0.3 is 0 Å². The highest BCUT2D eigenvalue weighted by Crippen LogP contribution is 2.26. The van der Waals surface area contributed by atoms with Crippen molar-refractivity contribution in [3.8, 4) is 0 Å². The molecule has 86 valence electrons. The number of thiazole rings is 1. The van der Waals surface area contributed by atoms with Crippen LogP contribution in [0.4, 0.5) is 0 Å². The minimum Gasteiger partial charge on any atom is -0.348 e. The summed E-state index contributed by atoms with van der Waals surface area (Å²) in [6, 6.07) is 0. The maximum Gasteiger partial charge on any atom is 0.120 e. The number of hydrogen-bond acceptors (Lipinski definition) is 4. The molecule has 0 bridgehead atoms. The van der Waals surface area contributed by atoms with E-state index >= 15 is 0 Å². The zero-order valence-corrected chi connectivity index (χ0v) is 10.3. The van der Waals surface area contributed by atoms with E-state index in [-0.39, 0.29) is 5.54 Å². The second-order valence-electron chi connectivity index (χ2n) is 3.91. The van der Waals surface area contributed by atoms with Crippen LogP contribution in [0.3, 0.4) is 0 Å². The maximum atomic E-state index is 4.38. The van der Waals surface area contributed by atoms with E-state index < -0.39 is 0 Å². The van der Waals surface area contributed by atoms with Crippen LogP contribution in [-0.4, -0.2) is 15.0 Å². The van der Waals surface area contributed by atoms with Crippen LogP contribution in [0.15, 0.2) is 24.0 Å². The van der Waals surface area contributed by atoms with Gasteiger partial charge in [0.25, 0.3) is 0 Å². The van der Waals surface area contributed by atoms with Gasteiger partial charge in [0.15, 0.2) is 0 Å². The van der Waals surface area contributed by atoms with Crippen LogP contribution in [-0.2, 0) is 12.1 Å². The summed E-state index contributed by atoms with van der Waals surface area (Å²) in [4.78, 5) is 11.7. The van der Waals surface area contributed by atoms with E-state index in [2.05, 4.69) is 34.1 Å². The summed E-state index contributed by atoms with van der Waals surface area (Å²) in [6.45, 7) is 5.07. The molecule has 0 fully saturated rings. The predicted molar refractivity (Wildman–Crippen MR) is 65.2 cm³/mol. The molecule has 0 aliphatic rings. The van der Waals surface area contributed by atoms with Crippen LogP contribution in [0.25, 0.3) is 0 Å². The van der Waals surface area contributed by atoms with Gasteiger partial charge in [0.1, 0.15) is 10.8 Å². The second kappa shape index (κ2) is 4.76. The fraction of sp³-hybridized carbons (Fsp3) is 0.455. The zero-order valence-electron chi connectivity index (χ0n) is 9.53. The molecule has 2 rings (SSSR count). The van der Waals surface area contributed by atoms with Crippen LogP contribution in [0.1, 0.15) is 31.1 Å². The fourth-order valence-electron chi connectivity index (χ4n) is 1.52. The number of aromatic nitrogens is 3. The number of H-pyrrole nitrogens is 1. The minimum absolute atomic E-state index is 0.0685. The molecule has 2 N–H and O–H groups in total. The Morgan fingerprint density at radius 1 is 1.44 bits per heavy atom. The Balaban J connectivity index is 2.05. The van der Waals surface area contributed by atoms with Crippen molar-refractivity contribution in [3.63, 3.8) is 0 Å². The first kappa shape index (κ1) is 11.3. The van der Waals surface area contributed by atoms with Crippen molar-refractivity contribution in [2.75, 3.05) is 0 Å². The van der Waals surface area contributed by atoms with Gasteiger partial charge in [0.05, 0.1) is 12.1 Å². The molecule has 1 unspecified atom stereocenters. The van der Waals surface area contributed by atoms with Gasteiger partial charge in [-0.15, -0.1) is 11.3 Å². The first-order valence-corrected chi connectivity index (χ1v) is 6.26. The molecule has 0 aliphatic carbocycles. The minimum atomic E-state index is -0.0685. The second-order valence-corrected chi connectivity index (χ2v) is 4.81. The largest absolute Gasteiger partial charge is 0.348 e. The summed E-state index contributed by atoms with van der Waals surface area (Å²) < 4.78 is 0. The molecule has 2 aromatic heterocycles. The Morgan fingerprint density at radius 2 is 2.31 bits per heavy atom. The zero-order chi connectivity index (χ0) is 11.4. The number of rotatable bonds is 5. The van der Waals surface area contributed by atoms with Gasteiger partial charge in [-0.1, -0.05) is 6.92 Å². The summed E-state index contributed by atoms with van der Waals surface area (Å²) in [5.41, 5.74) is -0.0685. The maximum absolute atomic E-state index is 4.38. The van der Waals surface area contributed by atoms with Crippen molar-refractivity contribution in [1.82, 2.24) is 20.3 Å². The first-order chi connectivity index (χ1) is 7.74. The van der Waals surface area contributed by atoms with Crippen molar-refractivity contribution in [3.05, 3.63) is 34.8 Å². The lowest BCUT2D eigenvalue weighted by molar-refractivity contribution is 0.346. The smallest absolute Gasteiger partial charge is 0.120 e. The molecular weight excluding hydrogens is 220 g/mol. The SMILES string of the molecule is CCC(C)(NCc1ncc[nH]1)c1nccs1. The van der Waals surface area contributed by atoms with Crippen molar-refractivity contribution < 1.29 is 0 Å². The number of aromatic amines is 1. The molecular formula is C11H16N4S. The number of imidazole rings is 1.